The van der Waals surface area contributed by atoms with Crippen molar-refractivity contribution >= 4 is 23.4 Å². The lowest BCUT2D eigenvalue weighted by atomic mass is 10.2. The Hall–Kier alpha value is -2.02. The van der Waals surface area contributed by atoms with Crippen LogP contribution in [0.25, 0.3) is 0 Å². The molecule has 7 heteroatoms. The molecule has 88 valence electrons. The number of primary amides is 1. The van der Waals surface area contributed by atoms with Crippen molar-refractivity contribution < 1.29 is 4.79 Å². The van der Waals surface area contributed by atoms with E-state index < -0.39 is 5.91 Å². The van der Waals surface area contributed by atoms with Crippen LogP contribution in [0.15, 0.2) is 28.3 Å². The van der Waals surface area contributed by atoms with Crippen LogP contribution in [0.4, 0.5) is 5.69 Å². The van der Waals surface area contributed by atoms with Gasteiger partial charge in [-0.05, 0) is 30.8 Å². The molecule has 5 N–H and O–H groups in total. The maximum absolute atomic E-state index is 11.3. The quantitative estimate of drug-likeness (QED) is 0.701. The molecule has 17 heavy (non-hydrogen) atoms. The van der Waals surface area contributed by atoms with Gasteiger partial charge in [-0.2, -0.15) is 0 Å². The minimum Gasteiger partial charge on any atom is -0.398 e. The van der Waals surface area contributed by atoms with Crippen molar-refractivity contribution in [3.63, 3.8) is 0 Å². The second kappa shape index (κ2) is 4.46. The molecule has 1 aromatic carbocycles. The highest BCUT2D eigenvalue weighted by Gasteiger charge is 2.14. The average Bonchev–Trinajstić information content (AvgIpc) is 2.67. The first-order valence-electron chi connectivity index (χ1n) is 4.83. The lowest BCUT2D eigenvalue weighted by molar-refractivity contribution is 0.0997. The van der Waals surface area contributed by atoms with E-state index in [1.54, 1.807) is 25.1 Å². The number of nitrogens with one attached hydrogen (secondary N) is 1. The Labute approximate surface area is 102 Å². The molecule has 1 heterocycles. The summed E-state index contributed by atoms with van der Waals surface area (Å²) in [6.07, 6.45) is 0. The summed E-state index contributed by atoms with van der Waals surface area (Å²) in [5, 5.41) is 7.19. The highest BCUT2D eigenvalue weighted by atomic mass is 32.2. The predicted molar refractivity (Wildman–Crippen MR) is 64.6 cm³/mol. The van der Waals surface area contributed by atoms with E-state index in [0.29, 0.717) is 27.1 Å². The third-order valence-corrected chi connectivity index (χ3v) is 3.11. The van der Waals surface area contributed by atoms with Gasteiger partial charge in [0.2, 0.25) is 11.1 Å². The Bertz CT molecular complexity index is 566. The number of carbonyl (C=O) groups is 1. The molecule has 1 amide bonds. The number of amides is 1. The fourth-order valence-electron chi connectivity index (χ4n) is 1.32. The molecule has 0 radical (unpaired) electrons. The number of aromatic nitrogens is 3. The number of benzene rings is 1. The van der Waals surface area contributed by atoms with Gasteiger partial charge in [0.1, 0.15) is 5.82 Å². The first-order valence-corrected chi connectivity index (χ1v) is 5.64. The fraction of sp³-hybridized carbons (Fsp3) is 0.100. The van der Waals surface area contributed by atoms with Gasteiger partial charge in [0.05, 0.1) is 10.5 Å². The Morgan fingerprint density at radius 1 is 1.47 bits per heavy atom. The van der Waals surface area contributed by atoms with E-state index in [-0.39, 0.29) is 0 Å². The smallest absolute Gasteiger partial charge is 0.249 e. The van der Waals surface area contributed by atoms with Crippen LogP contribution in [0, 0.1) is 6.92 Å². The summed E-state index contributed by atoms with van der Waals surface area (Å²) in [4.78, 5) is 16.0. The molecule has 0 spiro atoms. The van der Waals surface area contributed by atoms with Crippen molar-refractivity contribution in [1.29, 1.82) is 0 Å². The average molecular weight is 249 g/mol. The Morgan fingerprint density at radius 2 is 2.24 bits per heavy atom. The maximum atomic E-state index is 11.3. The normalized spacial score (nSPS) is 10.4. The molecule has 2 aromatic rings. The summed E-state index contributed by atoms with van der Waals surface area (Å²) in [5.41, 5.74) is 12.0. The molecule has 0 fully saturated rings. The first kappa shape index (κ1) is 11.5. The number of rotatable bonds is 3. The summed E-state index contributed by atoms with van der Waals surface area (Å²) in [6, 6.07) is 5.01. The fourth-order valence-corrected chi connectivity index (χ4v) is 2.24. The SMILES string of the molecule is Cc1nc(Sc2c(N)cccc2C(N)=O)n[nH]1. The lowest BCUT2D eigenvalue weighted by Gasteiger charge is -2.06. The highest BCUT2D eigenvalue weighted by Crippen LogP contribution is 2.32. The standard InChI is InChI=1S/C10H11N5OS/c1-5-13-10(15-14-5)17-8-6(9(12)16)3-2-4-7(8)11/h2-4H,11H2,1H3,(H2,12,16)(H,13,14,15). The van der Waals surface area contributed by atoms with Crippen LogP contribution in [0.3, 0.4) is 0 Å². The highest BCUT2D eigenvalue weighted by molar-refractivity contribution is 7.99. The molecular weight excluding hydrogens is 238 g/mol. The van der Waals surface area contributed by atoms with Crippen LogP contribution in [0.5, 0.6) is 0 Å². The van der Waals surface area contributed by atoms with Gasteiger partial charge in [0, 0.05) is 5.69 Å². The van der Waals surface area contributed by atoms with E-state index in [2.05, 4.69) is 15.2 Å². The van der Waals surface area contributed by atoms with Crippen molar-refractivity contribution in [2.24, 2.45) is 5.73 Å². The van der Waals surface area contributed by atoms with Gasteiger partial charge < -0.3 is 11.5 Å². The van der Waals surface area contributed by atoms with Crippen LogP contribution in [0.2, 0.25) is 0 Å². The number of H-pyrrole nitrogens is 1. The Balaban J connectivity index is 2.40. The lowest BCUT2D eigenvalue weighted by Crippen LogP contribution is -2.13. The minimum atomic E-state index is -0.521. The minimum absolute atomic E-state index is 0.373. The molecule has 0 unspecified atom stereocenters. The molecule has 0 aliphatic heterocycles. The van der Waals surface area contributed by atoms with Crippen molar-refractivity contribution in [1.82, 2.24) is 15.2 Å². The van der Waals surface area contributed by atoms with Crippen LogP contribution in [-0.4, -0.2) is 21.1 Å². The van der Waals surface area contributed by atoms with Gasteiger partial charge in [-0.25, -0.2) is 4.98 Å². The van der Waals surface area contributed by atoms with Gasteiger partial charge in [0.15, 0.2) is 0 Å². The van der Waals surface area contributed by atoms with Gasteiger partial charge in [-0.1, -0.05) is 6.07 Å². The van der Waals surface area contributed by atoms with Crippen LogP contribution < -0.4 is 11.5 Å². The molecule has 2 rings (SSSR count). The number of aromatic amines is 1. The van der Waals surface area contributed by atoms with E-state index in [1.807, 2.05) is 0 Å². The molecule has 0 saturated heterocycles. The zero-order valence-electron chi connectivity index (χ0n) is 9.10. The molecule has 6 nitrogen and oxygen atoms in total. The van der Waals surface area contributed by atoms with Gasteiger partial charge in [-0.3, -0.25) is 9.89 Å². The Kier molecular flexibility index (Phi) is 3.01. The summed E-state index contributed by atoms with van der Waals surface area (Å²) in [6.45, 7) is 1.79. The molecule has 0 bridgehead atoms. The molecule has 0 atom stereocenters. The number of hydrogen-bond donors (Lipinski definition) is 3. The predicted octanol–water partition coefficient (Wildman–Crippen LogP) is 0.945. The number of anilines is 1. The first-order chi connectivity index (χ1) is 8.08. The van der Waals surface area contributed by atoms with Gasteiger partial charge in [0.25, 0.3) is 0 Å². The summed E-state index contributed by atoms with van der Waals surface area (Å²) in [7, 11) is 0. The van der Waals surface area contributed by atoms with Crippen LogP contribution in [-0.2, 0) is 0 Å². The topological polar surface area (TPSA) is 111 Å². The third kappa shape index (κ3) is 2.39. The van der Waals surface area contributed by atoms with Crippen LogP contribution in [0.1, 0.15) is 16.2 Å². The number of nitrogens with zero attached hydrogens (tertiary/aromatic N) is 2. The molecule has 0 saturated carbocycles. The number of nitrogen functional groups attached to an aromatic ring is 1. The molecule has 1 aromatic heterocycles. The van der Waals surface area contributed by atoms with Crippen LogP contribution >= 0.6 is 11.8 Å². The van der Waals surface area contributed by atoms with Gasteiger partial charge >= 0.3 is 0 Å². The summed E-state index contributed by atoms with van der Waals surface area (Å²) < 4.78 is 0. The number of carbonyl (C=O) groups excluding carboxylic acids is 1. The zero-order valence-corrected chi connectivity index (χ0v) is 9.91. The molecule has 0 aliphatic carbocycles. The summed E-state index contributed by atoms with van der Waals surface area (Å²) >= 11 is 1.21. The zero-order chi connectivity index (χ0) is 12.4. The number of hydrogen-bond acceptors (Lipinski definition) is 5. The number of aryl methyl sites for hydroxylation is 1. The third-order valence-electron chi connectivity index (χ3n) is 2.08. The largest absolute Gasteiger partial charge is 0.398 e. The van der Waals surface area contributed by atoms with Crippen molar-refractivity contribution in [3.8, 4) is 0 Å². The second-order valence-corrected chi connectivity index (χ2v) is 4.37. The van der Waals surface area contributed by atoms with E-state index in [0.717, 1.165) is 0 Å². The van der Waals surface area contributed by atoms with Crippen molar-refractivity contribution in [2.45, 2.75) is 17.0 Å². The van der Waals surface area contributed by atoms with Gasteiger partial charge in [-0.15, -0.1) is 5.10 Å². The van der Waals surface area contributed by atoms with E-state index >= 15 is 0 Å². The van der Waals surface area contributed by atoms with E-state index in [4.69, 9.17) is 11.5 Å². The summed E-state index contributed by atoms with van der Waals surface area (Å²) in [5.74, 6) is 0.176. The maximum Gasteiger partial charge on any atom is 0.249 e. The monoisotopic (exact) mass is 249 g/mol. The van der Waals surface area contributed by atoms with Crippen molar-refractivity contribution in [3.05, 3.63) is 29.6 Å². The van der Waals surface area contributed by atoms with Crippen molar-refractivity contribution in [2.75, 3.05) is 5.73 Å². The van der Waals surface area contributed by atoms with E-state index in [1.165, 1.54) is 11.8 Å². The molecule has 0 aliphatic rings. The second-order valence-electron chi connectivity index (χ2n) is 3.39. The number of nitrogens with two attached hydrogens (primary N) is 2. The van der Waals surface area contributed by atoms with E-state index in [9.17, 15) is 4.79 Å². The molecular formula is C10H11N5OS. The Morgan fingerprint density at radius 3 is 2.82 bits per heavy atom.